The zero-order valence-corrected chi connectivity index (χ0v) is 11.7. The molecule has 0 bridgehead atoms. The summed E-state index contributed by atoms with van der Waals surface area (Å²) in [5, 5.41) is 3.96. The molecule has 0 amide bonds. The minimum absolute atomic E-state index is 0.580. The summed E-state index contributed by atoms with van der Waals surface area (Å²) in [6.07, 6.45) is 9.62. The van der Waals surface area contributed by atoms with E-state index in [2.05, 4.69) is 24.1 Å². The Hall–Kier alpha value is -0.760. The average Bonchev–Trinajstić information content (AvgIpc) is 2.31. The van der Waals surface area contributed by atoms with Crippen molar-refractivity contribution in [2.45, 2.75) is 52.4 Å². The van der Waals surface area contributed by atoms with Crippen LogP contribution >= 0.6 is 11.6 Å². The van der Waals surface area contributed by atoms with Crippen LogP contribution in [-0.2, 0) is 0 Å². The van der Waals surface area contributed by atoms with E-state index >= 15 is 0 Å². The van der Waals surface area contributed by atoms with Gasteiger partial charge >= 0.3 is 0 Å². The number of hydrogen-bond donors (Lipinski definition) is 1. The van der Waals surface area contributed by atoms with Gasteiger partial charge in [0, 0.05) is 12.7 Å². The van der Waals surface area contributed by atoms with Crippen molar-refractivity contribution in [2.75, 3.05) is 11.9 Å². The lowest BCUT2D eigenvalue weighted by Gasteiger charge is -2.10. The molecule has 0 aliphatic carbocycles. The molecule has 0 radical (unpaired) electrons. The number of rotatable bonds is 8. The number of nitrogens with zero attached hydrogens (tertiary/aromatic N) is 1. The largest absolute Gasteiger partial charge is 0.382 e. The third-order valence-corrected chi connectivity index (χ3v) is 3.23. The van der Waals surface area contributed by atoms with Crippen LogP contribution in [0.2, 0.25) is 5.15 Å². The Bertz CT molecular complexity index is 306. The van der Waals surface area contributed by atoms with Crippen LogP contribution < -0.4 is 5.32 Å². The van der Waals surface area contributed by atoms with Gasteiger partial charge in [0.2, 0.25) is 0 Å². The molecule has 96 valence electrons. The van der Waals surface area contributed by atoms with Gasteiger partial charge in [-0.3, -0.25) is 0 Å². The molecule has 0 aromatic carbocycles. The highest BCUT2D eigenvalue weighted by Gasteiger charge is 2.03. The topological polar surface area (TPSA) is 24.9 Å². The van der Waals surface area contributed by atoms with Crippen LogP contribution in [0.1, 0.15) is 51.0 Å². The lowest BCUT2D eigenvalue weighted by Crippen LogP contribution is -2.04. The molecule has 0 aliphatic heterocycles. The molecular weight excluding hydrogens is 232 g/mol. The summed E-state index contributed by atoms with van der Waals surface area (Å²) in [5.74, 6) is 0. The Balaban J connectivity index is 2.18. The third kappa shape index (κ3) is 5.40. The second-order valence-electron chi connectivity index (χ2n) is 4.49. The molecular formula is C14H23ClN2. The SMILES string of the molecule is CCCCCCCCNc1c(C)ccnc1Cl. The fourth-order valence-electron chi connectivity index (χ4n) is 1.86. The number of pyridine rings is 1. The predicted molar refractivity (Wildman–Crippen MR) is 75.8 cm³/mol. The van der Waals surface area contributed by atoms with Crippen LogP contribution in [-0.4, -0.2) is 11.5 Å². The molecule has 0 saturated carbocycles. The van der Waals surface area contributed by atoms with Crippen LogP contribution in [0.15, 0.2) is 12.3 Å². The summed E-state index contributed by atoms with van der Waals surface area (Å²) < 4.78 is 0. The third-order valence-electron chi connectivity index (χ3n) is 2.95. The Morgan fingerprint density at radius 2 is 1.88 bits per heavy atom. The first-order valence-corrected chi connectivity index (χ1v) is 6.98. The molecule has 0 spiro atoms. The first-order valence-electron chi connectivity index (χ1n) is 6.60. The van der Waals surface area contributed by atoms with Gasteiger partial charge < -0.3 is 5.32 Å². The van der Waals surface area contributed by atoms with Crippen molar-refractivity contribution in [3.63, 3.8) is 0 Å². The van der Waals surface area contributed by atoms with E-state index < -0.39 is 0 Å². The normalized spacial score (nSPS) is 10.5. The van der Waals surface area contributed by atoms with Gasteiger partial charge in [0.1, 0.15) is 0 Å². The summed E-state index contributed by atoms with van der Waals surface area (Å²) in [5.41, 5.74) is 2.15. The first kappa shape index (κ1) is 14.3. The van der Waals surface area contributed by atoms with E-state index in [1.54, 1.807) is 6.20 Å². The minimum Gasteiger partial charge on any atom is -0.382 e. The van der Waals surface area contributed by atoms with Gasteiger partial charge in [-0.15, -0.1) is 0 Å². The van der Waals surface area contributed by atoms with Crippen LogP contribution in [0.3, 0.4) is 0 Å². The van der Waals surface area contributed by atoms with Crippen molar-refractivity contribution in [2.24, 2.45) is 0 Å². The van der Waals surface area contributed by atoms with Gasteiger partial charge in [0.15, 0.2) is 5.15 Å². The van der Waals surface area contributed by atoms with Crippen LogP contribution in [0.4, 0.5) is 5.69 Å². The van der Waals surface area contributed by atoms with Crippen molar-refractivity contribution >= 4 is 17.3 Å². The maximum absolute atomic E-state index is 6.04. The van der Waals surface area contributed by atoms with Crippen LogP contribution in [0, 0.1) is 6.92 Å². The zero-order chi connectivity index (χ0) is 12.5. The maximum atomic E-state index is 6.04. The number of unbranched alkanes of at least 4 members (excludes halogenated alkanes) is 5. The molecule has 1 aromatic heterocycles. The van der Waals surface area contributed by atoms with E-state index in [1.807, 2.05) is 6.07 Å². The van der Waals surface area contributed by atoms with Crippen molar-refractivity contribution in [3.8, 4) is 0 Å². The highest BCUT2D eigenvalue weighted by molar-refractivity contribution is 6.32. The van der Waals surface area contributed by atoms with Crippen LogP contribution in [0.5, 0.6) is 0 Å². The van der Waals surface area contributed by atoms with Gasteiger partial charge in [-0.1, -0.05) is 50.6 Å². The number of aromatic nitrogens is 1. The van der Waals surface area contributed by atoms with Gasteiger partial charge in [0.25, 0.3) is 0 Å². The molecule has 1 rings (SSSR count). The van der Waals surface area contributed by atoms with Crippen molar-refractivity contribution in [3.05, 3.63) is 23.0 Å². The highest BCUT2D eigenvalue weighted by Crippen LogP contribution is 2.22. The van der Waals surface area contributed by atoms with Crippen molar-refractivity contribution in [1.82, 2.24) is 4.98 Å². The number of halogens is 1. The lowest BCUT2D eigenvalue weighted by molar-refractivity contribution is 0.617. The van der Waals surface area contributed by atoms with E-state index in [4.69, 9.17) is 11.6 Å². The summed E-state index contributed by atoms with van der Waals surface area (Å²) in [6.45, 7) is 5.28. The zero-order valence-electron chi connectivity index (χ0n) is 10.9. The second-order valence-corrected chi connectivity index (χ2v) is 4.85. The standard InChI is InChI=1S/C14H23ClN2/c1-3-4-5-6-7-8-10-16-13-12(2)9-11-17-14(13)15/h9,11,16H,3-8,10H2,1-2H3. The Morgan fingerprint density at radius 1 is 1.18 bits per heavy atom. The van der Waals surface area contributed by atoms with E-state index in [-0.39, 0.29) is 0 Å². The average molecular weight is 255 g/mol. The van der Waals surface area contributed by atoms with Gasteiger partial charge in [-0.25, -0.2) is 4.98 Å². The monoisotopic (exact) mass is 254 g/mol. The van der Waals surface area contributed by atoms with E-state index in [0.717, 1.165) is 17.8 Å². The summed E-state index contributed by atoms with van der Waals surface area (Å²) in [7, 11) is 0. The molecule has 2 nitrogen and oxygen atoms in total. The molecule has 17 heavy (non-hydrogen) atoms. The number of anilines is 1. The minimum atomic E-state index is 0.580. The van der Waals surface area contributed by atoms with E-state index in [1.165, 1.54) is 38.5 Å². The predicted octanol–water partition coefficient (Wildman–Crippen LogP) is 4.82. The maximum Gasteiger partial charge on any atom is 0.152 e. The van der Waals surface area contributed by atoms with Crippen molar-refractivity contribution in [1.29, 1.82) is 0 Å². The quantitative estimate of drug-likeness (QED) is 0.532. The van der Waals surface area contributed by atoms with E-state index in [9.17, 15) is 0 Å². The van der Waals surface area contributed by atoms with E-state index in [0.29, 0.717) is 5.15 Å². The molecule has 0 atom stereocenters. The Kier molecular flexibility index (Phi) is 7.02. The van der Waals surface area contributed by atoms with Gasteiger partial charge in [-0.2, -0.15) is 0 Å². The summed E-state index contributed by atoms with van der Waals surface area (Å²) >= 11 is 6.04. The molecule has 3 heteroatoms. The highest BCUT2D eigenvalue weighted by atomic mass is 35.5. The lowest BCUT2D eigenvalue weighted by atomic mass is 10.1. The molecule has 0 unspecified atom stereocenters. The van der Waals surface area contributed by atoms with Gasteiger partial charge in [0.05, 0.1) is 5.69 Å². The second kappa shape index (κ2) is 8.35. The molecule has 0 fully saturated rings. The Morgan fingerprint density at radius 3 is 2.59 bits per heavy atom. The Labute approximate surface area is 110 Å². The first-order chi connectivity index (χ1) is 8.25. The van der Waals surface area contributed by atoms with Gasteiger partial charge in [-0.05, 0) is 25.0 Å². The molecule has 1 heterocycles. The molecule has 0 aliphatic rings. The molecule has 0 saturated heterocycles. The van der Waals surface area contributed by atoms with Crippen LogP contribution in [0.25, 0.3) is 0 Å². The fraction of sp³-hybridized carbons (Fsp3) is 0.643. The number of nitrogens with one attached hydrogen (secondary N) is 1. The molecule has 1 aromatic rings. The molecule has 1 N–H and O–H groups in total. The summed E-state index contributed by atoms with van der Waals surface area (Å²) in [4.78, 5) is 4.08. The number of aryl methyl sites for hydroxylation is 1. The summed E-state index contributed by atoms with van der Waals surface area (Å²) in [6, 6.07) is 1.98. The smallest absolute Gasteiger partial charge is 0.152 e. The number of hydrogen-bond acceptors (Lipinski definition) is 2. The fourth-order valence-corrected chi connectivity index (χ4v) is 2.13. The van der Waals surface area contributed by atoms with Crippen molar-refractivity contribution < 1.29 is 0 Å².